The first kappa shape index (κ1) is 17.3. The number of aromatic nitrogens is 3. The van der Waals surface area contributed by atoms with Crippen molar-refractivity contribution in [2.24, 2.45) is 0 Å². The summed E-state index contributed by atoms with van der Waals surface area (Å²) >= 11 is 1.45. The van der Waals surface area contributed by atoms with Crippen molar-refractivity contribution in [2.75, 3.05) is 0 Å². The summed E-state index contributed by atoms with van der Waals surface area (Å²) < 4.78 is 2.05. The molecule has 1 aliphatic carbocycles. The third-order valence-electron chi connectivity index (χ3n) is 5.06. The van der Waals surface area contributed by atoms with Gasteiger partial charge in [0.05, 0.1) is 5.52 Å². The molecule has 0 spiro atoms. The second-order valence-corrected chi connectivity index (χ2v) is 8.28. The zero-order chi connectivity index (χ0) is 19.1. The molecule has 2 aromatic heterocycles. The summed E-state index contributed by atoms with van der Waals surface area (Å²) in [6, 6.07) is 20.5. The molecule has 0 radical (unpaired) electrons. The molecule has 4 aromatic rings. The van der Waals surface area contributed by atoms with Crippen molar-refractivity contribution in [1.29, 1.82) is 0 Å². The smallest absolute Gasteiger partial charge is 0.238 e. The Morgan fingerprint density at radius 3 is 2.64 bits per heavy atom. The van der Waals surface area contributed by atoms with Crippen LogP contribution in [-0.4, -0.2) is 26.5 Å². The predicted molar refractivity (Wildman–Crippen MR) is 111 cm³/mol. The topological polar surface area (TPSA) is 59.3 Å². The molecule has 0 aliphatic heterocycles. The van der Waals surface area contributed by atoms with Gasteiger partial charge in [-0.15, -0.1) is 10.2 Å². The van der Waals surface area contributed by atoms with Crippen molar-refractivity contribution in [3.63, 3.8) is 0 Å². The molecule has 5 rings (SSSR count). The highest BCUT2D eigenvalue weighted by atomic mass is 32.2. The number of hydrogen-bond acceptors (Lipinski definition) is 4. The van der Waals surface area contributed by atoms with E-state index in [1.54, 1.807) is 0 Å². The highest BCUT2D eigenvalue weighted by Crippen LogP contribution is 2.37. The SMILES string of the molecule is Cc1cc2nnc(SC(C(=O)NC3CC3)c3ccccc3)n2c2ccccc12. The third kappa shape index (κ3) is 3.14. The molecule has 6 heteroatoms. The Morgan fingerprint density at radius 1 is 1.11 bits per heavy atom. The first-order valence-electron chi connectivity index (χ1n) is 9.46. The number of rotatable bonds is 5. The Morgan fingerprint density at radius 2 is 1.86 bits per heavy atom. The minimum absolute atomic E-state index is 0.0341. The van der Waals surface area contributed by atoms with Gasteiger partial charge in [-0.1, -0.05) is 60.3 Å². The number of nitrogens with one attached hydrogen (secondary N) is 1. The molecule has 1 saturated carbocycles. The fourth-order valence-corrected chi connectivity index (χ4v) is 4.53. The zero-order valence-corrected chi connectivity index (χ0v) is 16.3. The molecule has 28 heavy (non-hydrogen) atoms. The van der Waals surface area contributed by atoms with Crippen molar-refractivity contribution in [3.8, 4) is 0 Å². The minimum atomic E-state index is -0.366. The summed E-state index contributed by atoms with van der Waals surface area (Å²) in [4.78, 5) is 13.0. The van der Waals surface area contributed by atoms with E-state index in [4.69, 9.17) is 0 Å². The molecule has 0 saturated heterocycles. The van der Waals surface area contributed by atoms with Crippen LogP contribution < -0.4 is 5.32 Å². The van der Waals surface area contributed by atoms with Gasteiger partial charge in [0.25, 0.3) is 0 Å². The van der Waals surface area contributed by atoms with Gasteiger partial charge in [-0.2, -0.15) is 0 Å². The van der Waals surface area contributed by atoms with Crippen molar-refractivity contribution in [1.82, 2.24) is 19.9 Å². The van der Waals surface area contributed by atoms with Crippen LogP contribution in [0.4, 0.5) is 0 Å². The quantitative estimate of drug-likeness (QED) is 0.518. The van der Waals surface area contributed by atoms with Gasteiger partial charge in [-0.25, -0.2) is 0 Å². The number of amides is 1. The summed E-state index contributed by atoms with van der Waals surface area (Å²) in [5.41, 5.74) is 3.99. The Balaban J connectivity index is 1.60. The maximum Gasteiger partial charge on any atom is 0.238 e. The van der Waals surface area contributed by atoms with E-state index in [1.807, 2.05) is 52.9 Å². The number of hydrogen-bond donors (Lipinski definition) is 1. The second kappa shape index (κ2) is 6.95. The van der Waals surface area contributed by atoms with Crippen LogP contribution in [0.2, 0.25) is 0 Å². The van der Waals surface area contributed by atoms with Crippen LogP contribution in [0, 0.1) is 6.92 Å². The molecule has 1 unspecified atom stereocenters. The molecule has 2 heterocycles. The number of pyridine rings is 1. The van der Waals surface area contributed by atoms with E-state index in [0.717, 1.165) is 45.7 Å². The second-order valence-electron chi connectivity index (χ2n) is 7.21. The molecular formula is C22H20N4OS. The minimum Gasteiger partial charge on any atom is -0.352 e. The molecule has 1 amide bonds. The lowest BCUT2D eigenvalue weighted by molar-refractivity contribution is -0.120. The Hall–Kier alpha value is -2.86. The fourth-order valence-electron chi connectivity index (χ4n) is 3.46. The van der Waals surface area contributed by atoms with E-state index in [2.05, 4.69) is 34.6 Å². The molecule has 5 nitrogen and oxygen atoms in total. The lowest BCUT2D eigenvalue weighted by Crippen LogP contribution is -2.29. The van der Waals surface area contributed by atoms with Crippen LogP contribution in [0.15, 0.2) is 65.8 Å². The van der Waals surface area contributed by atoms with E-state index >= 15 is 0 Å². The molecule has 1 atom stereocenters. The van der Waals surface area contributed by atoms with E-state index in [1.165, 1.54) is 11.8 Å². The highest BCUT2D eigenvalue weighted by Gasteiger charge is 2.30. The number of carbonyl (C=O) groups excluding carboxylic acids is 1. The standard InChI is InChI=1S/C22H20N4OS/c1-14-13-19-24-25-22(26(19)18-10-6-5-9-17(14)18)28-20(15-7-3-2-4-8-15)21(27)23-16-11-12-16/h2-10,13,16,20H,11-12H2,1H3,(H,23,27). The Kier molecular flexibility index (Phi) is 4.28. The molecule has 0 bridgehead atoms. The van der Waals surface area contributed by atoms with Crippen LogP contribution in [0.1, 0.15) is 29.2 Å². The summed E-state index contributed by atoms with van der Waals surface area (Å²) in [5.74, 6) is 0.0341. The first-order chi connectivity index (χ1) is 13.7. The van der Waals surface area contributed by atoms with Crippen molar-refractivity contribution in [3.05, 3.63) is 71.8 Å². The summed E-state index contributed by atoms with van der Waals surface area (Å²) in [5, 5.41) is 13.5. The molecule has 2 aromatic carbocycles. The van der Waals surface area contributed by atoms with Gasteiger partial charge in [-0.05, 0) is 43.0 Å². The molecule has 140 valence electrons. The number of para-hydroxylation sites is 1. The summed E-state index contributed by atoms with van der Waals surface area (Å²) in [7, 11) is 0. The van der Waals surface area contributed by atoms with Crippen LogP contribution in [-0.2, 0) is 4.79 Å². The van der Waals surface area contributed by atoms with Crippen LogP contribution >= 0.6 is 11.8 Å². The van der Waals surface area contributed by atoms with E-state index in [9.17, 15) is 4.79 Å². The molecule has 1 aliphatic rings. The number of carbonyl (C=O) groups is 1. The third-order valence-corrected chi connectivity index (χ3v) is 6.26. The predicted octanol–water partition coefficient (Wildman–Crippen LogP) is 4.30. The zero-order valence-electron chi connectivity index (χ0n) is 15.5. The van der Waals surface area contributed by atoms with Crippen molar-refractivity contribution >= 4 is 34.2 Å². The van der Waals surface area contributed by atoms with Crippen LogP contribution in [0.3, 0.4) is 0 Å². The lowest BCUT2D eigenvalue weighted by Gasteiger charge is -2.16. The lowest BCUT2D eigenvalue weighted by atomic mass is 10.1. The van der Waals surface area contributed by atoms with Gasteiger partial charge in [0.1, 0.15) is 5.25 Å². The maximum atomic E-state index is 13.0. The van der Waals surface area contributed by atoms with Gasteiger partial charge >= 0.3 is 0 Å². The summed E-state index contributed by atoms with van der Waals surface area (Å²) in [6.07, 6.45) is 2.13. The average molecular weight is 388 g/mol. The highest BCUT2D eigenvalue weighted by molar-refractivity contribution is 8.00. The molecule has 1 N–H and O–H groups in total. The largest absolute Gasteiger partial charge is 0.352 e. The van der Waals surface area contributed by atoms with Gasteiger partial charge < -0.3 is 5.32 Å². The van der Waals surface area contributed by atoms with Crippen molar-refractivity contribution in [2.45, 2.75) is 36.2 Å². The average Bonchev–Trinajstić information content (AvgIpc) is 3.45. The fraction of sp³-hybridized carbons (Fsp3) is 0.227. The van der Waals surface area contributed by atoms with E-state index in [-0.39, 0.29) is 11.2 Å². The van der Waals surface area contributed by atoms with Crippen molar-refractivity contribution < 1.29 is 4.79 Å². The van der Waals surface area contributed by atoms with E-state index in [0.29, 0.717) is 6.04 Å². The van der Waals surface area contributed by atoms with Gasteiger partial charge in [0.15, 0.2) is 10.8 Å². The van der Waals surface area contributed by atoms with Gasteiger partial charge in [0, 0.05) is 11.4 Å². The first-order valence-corrected chi connectivity index (χ1v) is 10.3. The van der Waals surface area contributed by atoms with Gasteiger partial charge in [0.2, 0.25) is 5.91 Å². The number of benzene rings is 2. The maximum absolute atomic E-state index is 13.0. The van der Waals surface area contributed by atoms with Crippen LogP contribution in [0.25, 0.3) is 16.6 Å². The number of aryl methyl sites for hydroxylation is 1. The summed E-state index contributed by atoms with van der Waals surface area (Å²) in [6.45, 7) is 2.08. The van der Waals surface area contributed by atoms with Gasteiger partial charge in [-0.3, -0.25) is 9.20 Å². The number of thioether (sulfide) groups is 1. The van der Waals surface area contributed by atoms with Crippen LogP contribution in [0.5, 0.6) is 0 Å². The molecule has 1 fully saturated rings. The number of nitrogens with zero attached hydrogens (tertiary/aromatic N) is 3. The Bertz CT molecular complexity index is 1170. The van der Waals surface area contributed by atoms with E-state index < -0.39 is 0 Å². The monoisotopic (exact) mass is 388 g/mol. The molecular weight excluding hydrogens is 368 g/mol. The Labute approximate surface area is 167 Å². The number of fused-ring (bicyclic) bond motifs is 3. The normalized spacial score (nSPS) is 15.0.